The molecule has 1 amide bonds. The Balaban J connectivity index is 1.83. The second-order valence-corrected chi connectivity index (χ2v) is 5.59. The molecule has 0 spiro atoms. The van der Waals surface area contributed by atoms with E-state index in [1.165, 1.54) is 35.8 Å². The number of amides is 1. The number of aromatic nitrogens is 5. The predicted molar refractivity (Wildman–Crippen MR) is 91.4 cm³/mol. The van der Waals surface area contributed by atoms with E-state index in [1.54, 1.807) is 0 Å². The molecule has 3 aromatic rings. The zero-order valence-corrected chi connectivity index (χ0v) is 14.0. The molecule has 0 saturated carbocycles. The maximum absolute atomic E-state index is 12.3. The summed E-state index contributed by atoms with van der Waals surface area (Å²) in [5.41, 5.74) is 2.67. The van der Waals surface area contributed by atoms with Crippen molar-refractivity contribution in [3.63, 3.8) is 0 Å². The van der Waals surface area contributed by atoms with E-state index >= 15 is 0 Å². The molecule has 0 aliphatic rings. The standard InChI is InChI=1S/C15H17N7O3/c1-19-6-4-5-10(19)7-17-18-11(23)8-22-9-16-13-12(22)14(24)21(3)15(25)20(13)2/h4-7,9H,8H2,1-3H3,(H,18,23)/b17-7-. The molecule has 0 aromatic carbocycles. The average Bonchev–Trinajstić information content (AvgIpc) is 3.18. The van der Waals surface area contributed by atoms with Crippen molar-refractivity contribution in [1.29, 1.82) is 0 Å². The first kappa shape index (κ1) is 16.4. The van der Waals surface area contributed by atoms with E-state index in [4.69, 9.17) is 0 Å². The molecule has 1 N–H and O–H groups in total. The van der Waals surface area contributed by atoms with E-state index in [1.807, 2.05) is 29.9 Å². The van der Waals surface area contributed by atoms with E-state index in [2.05, 4.69) is 15.5 Å². The van der Waals surface area contributed by atoms with Crippen LogP contribution in [0.15, 0.2) is 39.3 Å². The van der Waals surface area contributed by atoms with Crippen LogP contribution >= 0.6 is 0 Å². The number of nitrogens with one attached hydrogen (secondary N) is 1. The third-order valence-corrected chi connectivity index (χ3v) is 3.90. The molecule has 25 heavy (non-hydrogen) atoms. The van der Waals surface area contributed by atoms with Gasteiger partial charge < -0.3 is 9.13 Å². The van der Waals surface area contributed by atoms with Crippen molar-refractivity contribution in [3.8, 4) is 0 Å². The topological polar surface area (TPSA) is 108 Å². The largest absolute Gasteiger partial charge is 0.350 e. The minimum absolute atomic E-state index is 0.144. The molecule has 3 heterocycles. The van der Waals surface area contributed by atoms with E-state index < -0.39 is 17.2 Å². The van der Waals surface area contributed by atoms with Gasteiger partial charge in [0.25, 0.3) is 11.5 Å². The highest BCUT2D eigenvalue weighted by Gasteiger charge is 2.15. The average molecular weight is 343 g/mol. The van der Waals surface area contributed by atoms with Crippen LogP contribution in [0.4, 0.5) is 0 Å². The Bertz CT molecular complexity index is 1100. The van der Waals surface area contributed by atoms with Gasteiger partial charge in [-0.3, -0.25) is 18.7 Å². The summed E-state index contributed by atoms with van der Waals surface area (Å²) in [5.74, 6) is -0.416. The number of hydrazone groups is 1. The van der Waals surface area contributed by atoms with Crippen LogP contribution < -0.4 is 16.7 Å². The molecule has 0 unspecified atom stereocenters. The number of fused-ring (bicyclic) bond motifs is 1. The van der Waals surface area contributed by atoms with E-state index in [-0.39, 0.29) is 17.7 Å². The Hall–Kier alpha value is -3.43. The molecule has 0 atom stereocenters. The molecule has 0 aliphatic carbocycles. The fraction of sp³-hybridized carbons (Fsp3) is 0.267. The summed E-state index contributed by atoms with van der Waals surface area (Å²) < 4.78 is 5.48. The van der Waals surface area contributed by atoms with Crippen LogP contribution in [0.2, 0.25) is 0 Å². The summed E-state index contributed by atoms with van der Waals surface area (Å²) >= 11 is 0. The number of nitrogens with zero attached hydrogens (tertiary/aromatic N) is 6. The summed E-state index contributed by atoms with van der Waals surface area (Å²) in [4.78, 5) is 40.3. The van der Waals surface area contributed by atoms with Crippen molar-refractivity contribution < 1.29 is 4.79 Å². The minimum atomic E-state index is -0.504. The van der Waals surface area contributed by atoms with Crippen LogP contribution in [0.3, 0.4) is 0 Å². The van der Waals surface area contributed by atoms with E-state index in [0.717, 1.165) is 10.3 Å². The number of imidazole rings is 1. The molecule has 3 aromatic heterocycles. The molecule has 0 radical (unpaired) electrons. The lowest BCUT2D eigenvalue weighted by molar-refractivity contribution is -0.121. The lowest BCUT2D eigenvalue weighted by atomic mass is 10.4. The molecular weight excluding hydrogens is 326 g/mol. The van der Waals surface area contributed by atoms with Gasteiger partial charge in [0.1, 0.15) is 6.54 Å². The molecule has 0 fully saturated rings. The minimum Gasteiger partial charge on any atom is -0.350 e. The zero-order chi connectivity index (χ0) is 18.1. The van der Waals surface area contributed by atoms with Crippen molar-refractivity contribution in [1.82, 2.24) is 28.7 Å². The summed E-state index contributed by atoms with van der Waals surface area (Å²) in [7, 11) is 4.76. The smallest absolute Gasteiger partial charge is 0.332 e. The fourth-order valence-corrected chi connectivity index (χ4v) is 2.49. The van der Waals surface area contributed by atoms with Crippen molar-refractivity contribution in [2.45, 2.75) is 6.54 Å². The molecule has 10 heteroatoms. The van der Waals surface area contributed by atoms with Crippen molar-refractivity contribution in [2.75, 3.05) is 0 Å². The normalized spacial score (nSPS) is 11.5. The second kappa shape index (κ2) is 6.23. The first-order valence-electron chi connectivity index (χ1n) is 7.44. The first-order chi connectivity index (χ1) is 11.9. The van der Waals surface area contributed by atoms with Gasteiger partial charge in [0.2, 0.25) is 0 Å². The van der Waals surface area contributed by atoms with Crippen LogP contribution in [0.25, 0.3) is 11.2 Å². The fourth-order valence-electron chi connectivity index (χ4n) is 2.49. The Labute approximate surface area is 141 Å². The Kier molecular flexibility index (Phi) is 4.09. The first-order valence-corrected chi connectivity index (χ1v) is 7.44. The quantitative estimate of drug-likeness (QED) is 0.480. The third-order valence-electron chi connectivity index (χ3n) is 3.90. The van der Waals surface area contributed by atoms with Gasteiger partial charge in [-0.15, -0.1) is 0 Å². The van der Waals surface area contributed by atoms with Crippen molar-refractivity contribution >= 4 is 23.3 Å². The van der Waals surface area contributed by atoms with Crippen LogP contribution in [0.1, 0.15) is 5.69 Å². The summed E-state index contributed by atoms with van der Waals surface area (Å²) in [6.45, 7) is -0.144. The molecule has 0 bridgehead atoms. The van der Waals surface area contributed by atoms with Gasteiger partial charge in [0.05, 0.1) is 18.2 Å². The van der Waals surface area contributed by atoms with Gasteiger partial charge in [-0.2, -0.15) is 5.10 Å². The van der Waals surface area contributed by atoms with Crippen molar-refractivity contribution in [2.24, 2.45) is 26.2 Å². The zero-order valence-electron chi connectivity index (χ0n) is 14.0. The van der Waals surface area contributed by atoms with Crippen LogP contribution in [-0.4, -0.2) is 35.4 Å². The molecule has 0 aliphatic heterocycles. The SMILES string of the molecule is Cn1cccc1/C=N\NC(=O)Cn1cnc2c1c(=O)n(C)c(=O)n2C. The number of aryl methyl sites for hydroxylation is 2. The maximum Gasteiger partial charge on any atom is 0.332 e. The van der Waals surface area contributed by atoms with Crippen LogP contribution in [0, 0.1) is 0 Å². The number of hydrogen-bond acceptors (Lipinski definition) is 5. The van der Waals surface area contributed by atoms with Gasteiger partial charge in [0.15, 0.2) is 11.2 Å². The second-order valence-electron chi connectivity index (χ2n) is 5.59. The van der Waals surface area contributed by atoms with Crippen LogP contribution in [0.5, 0.6) is 0 Å². The van der Waals surface area contributed by atoms with Crippen LogP contribution in [-0.2, 0) is 32.5 Å². The molecular formula is C15H17N7O3. The van der Waals surface area contributed by atoms with E-state index in [0.29, 0.717) is 0 Å². The highest BCUT2D eigenvalue weighted by atomic mass is 16.2. The molecule has 3 rings (SSSR count). The Morgan fingerprint density at radius 2 is 2.04 bits per heavy atom. The van der Waals surface area contributed by atoms with Gasteiger partial charge in [-0.1, -0.05) is 0 Å². The number of rotatable bonds is 4. The monoisotopic (exact) mass is 343 g/mol. The molecule has 0 saturated heterocycles. The summed E-state index contributed by atoms with van der Waals surface area (Å²) in [6.07, 6.45) is 4.74. The van der Waals surface area contributed by atoms with Crippen molar-refractivity contribution in [3.05, 3.63) is 51.2 Å². The number of hydrogen-bond donors (Lipinski definition) is 1. The molecule has 10 nitrogen and oxygen atoms in total. The van der Waals surface area contributed by atoms with Gasteiger partial charge in [-0.05, 0) is 12.1 Å². The highest BCUT2D eigenvalue weighted by molar-refractivity contribution is 5.82. The van der Waals surface area contributed by atoms with Gasteiger partial charge in [-0.25, -0.2) is 15.2 Å². The third kappa shape index (κ3) is 2.89. The Morgan fingerprint density at radius 1 is 1.28 bits per heavy atom. The predicted octanol–water partition coefficient (Wildman–Crippen LogP) is -1.08. The molecule has 130 valence electrons. The van der Waals surface area contributed by atoms with Gasteiger partial charge in [0, 0.05) is 27.3 Å². The number of carbonyl (C=O) groups is 1. The highest BCUT2D eigenvalue weighted by Crippen LogP contribution is 2.05. The lowest BCUT2D eigenvalue weighted by Crippen LogP contribution is -2.38. The Morgan fingerprint density at radius 3 is 2.72 bits per heavy atom. The van der Waals surface area contributed by atoms with E-state index in [9.17, 15) is 14.4 Å². The summed E-state index contributed by atoms with van der Waals surface area (Å²) in [5, 5.41) is 3.89. The van der Waals surface area contributed by atoms with Gasteiger partial charge >= 0.3 is 5.69 Å². The number of carbonyl (C=O) groups excluding carboxylic acids is 1. The maximum atomic E-state index is 12.3. The summed E-state index contributed by atoms with van der Waals surface area (Å²) in [6, 6.07) is 3.71. The lowest BCUT2D eigenvalue weighted by Gasteiger charge is -2.06.